The molecule has 1 N–H and O–H groups in total. The highest BCUT2D eigenvalue weighted by Crippen LogP contribution is 2.33. The number of benzene rings is 2. The number of rotatable bonds is 5. The van der Waals surface area contributed by atoms with Crippen LogP contribution in [0.2, 0.25) is 0 Å². The second-order valence-electron chi connectivity index (χ2n) is 7.43. The van der Waals surface area contributed by atoms with Gasteiger partial charge in [0.05, 0.1) is 10.3 Å². The van der Waals surface area contributed by atoms with E-state index in [2.05, 4.69) is 5.32 Å². The predicted molar refractivity (Wildman–Crippen MR) is 106 cm³/mol. The molecule has 1 heterocycles. The Morgan fingerprint density at radius 2 is 1.78 bits per heavy atom. The van der Waals surface area contributed by atoms with Gasteiger partial charge in [-0.05, 0) is 49.9 Å². The molecule has 0 saturated carbocycles. The van der Waals surface area contributed by atoms with Gasteiger partial charge in [-0.2, -0.15) is 4.31 Å². The lowest BCUT2D eigenvalue weighted by molar-refractivity contribution is -0.132. The number of piperidine rings is 1. The molecule has 0 aliphatic carbocycles. The summed E-state index contributed by atoms with van der Waals surface area (Å²) in [5.74, 6) is -0.0984. The van der Waals surface area contributed by atoms with Crippen molar-refractivity contribution in [2.24, 2.45) is 5.41 Å². The smallest absolute Gasteiger partial charge is 0.243 e. The van der Waals surface area contributed by atoms with Crippen LogP contribution in [-0.4, -0.2) is 31.7 Å². The van der Waals surface area contributed by atoms with E-state index < -0.39 is 15.4 Å². The van der Waals surface area contributed by atoms with Crippen molar-refractivity contribution in [1.29, 1.82) is 0 Å². The highest BCUT2D eigenvalue weighted by atomic mass is 32.2. The van der Waals surface area contributed by atoms with Gasteiger partial charge in [0.1, 0.15) is 0 Å². The second kappa shape index (κ2) is 7.82. The molecule has 144 valence electrons. The minimum Gasteiger partial charge on any atom is -0.352 e. The van der Waals surface area contributed by atoms with Gasteiger partial charge in [-0.25, -0.2) is 8.42 Å². The van der Waals surface area contributed by atoms with Gasteiger partial charge in [0.15, 0.2) is 0 Å². The number of sulfonamides is 1. The quantitative estimate of drug-likeness (QED) is 0.859. The Morgan fingerprint density at radius 1 is 1.11 bits per heavy atom. The fourth-order valence-corrected chi connectivity index (χ4v) is 5.15. The third kappa shape index (κ3) is 4.22. The lowest BCUT2D eigenvalue weighted by atomic mass is 9.82. The van der Waals surface area contributed by atoms with Crippen molar-refractivity contribution in [1.82, 2.24) is 9.62 Å². The summed E-state index contributed by atoms with van der Waals surface area (Å²) in [5, 5.41) is 3.00. The molecular weight excluding hydrogens is 360 g/mol. The van der Waals surface area contributed by atoms with Crippen LogP contribution >= 0.6 is 0 Å². The first-order chi connectivity index (χ1) is 12.8. The summed E-state index contributed by atoms with van der Waals surface area (Å²) in [6.07, 6.45) is 1.34. The van der Waals surface area contributed by atoms with Gasteiger partial charge in [-0.1, -0.05) is 42.5 Å². The van der Waals surface area contributed by atoms with Crippen molar-refractivity contribution in [3.8, 4) is 0 Å². The van der Waals surface area contributed by atoms with Gasteiger partial charge in [0.25, 0.3) is 0 Å². The zero-order valence-electron chi connectivity index (χ0n) is 15.8. The topological polar surface area (TPSA) is 66.5 Å². The van der Waals surface area contributed by atoms with Crippen molar-refractivity contribution in [2.45, 2.75) is 38.1 Å². The van der Waals surface area contributed by atoms with Crippen molar-refractivity contribution in [3.63, 3.8) is 0 Å². The molecule has 0 aromatic heterocycles. The first kappa shape index (κ1) is 19.6. The lowest BCUT2D eigenvalue weighted by Gasteiger charge is -2.38. The van der Waals surface area contributed by atoms with E-state index >= 15 is 0 Å². The van der Waals surface area contributed by atoms with Crippen LogP contribution in [0, 0.1) is 12.3 Å². The van der Waals surface area contributed by atoms with E-state index in [4.69, 9.17) is 0 Å². The van der Waals surface area contributed by atoms with E-state index in [9.17, 15) is 13.2 Å². The third-order valence-electron chi connectivity index (χ3n) is 5.29. The van der Waals surface area contributed by atoms with E-state index in [1.165, 1.54) is 4.31 Å². The fourth-order valence-electron chi connectivity index (χ4n) is 3.52. The third-order valence-corrected chi connectivity index (χ3v) is 7.15. The maximum Gasteiger partial charge on any atom is 0.243 e. The first-order valence-corrected chi connectivity index (χ1v) is 10.6. The zero-order valence-corrected chi connectivity index (χ0v) is 16.6. The molecule has 0 unspecified atom stereocenters. The lowest BCUT2D eigenvalue weighted by Crippen LogP contribution is -2.51. The number of carbonyl (C=O) groups excluding carboxylic acids is 1. The van der Waals surface area contributed by atoms with Gasteiger partial charge in [-0.3, -0.25) is 4.79 Å². The van der Waals surface area contributed by atoms with Gasteiger partial charge < -0.3 is 5.32 Å². The highest BCUT2D eigenvalue weighted by Gasteiger charge is 2.41. The van der Waals surface area contributed by atoms with E-state index in [0.717, 1.165) is 11.1 Å². The van der Waals surface area contributed by atoms with Crippen molar-refractivity contribution < 1.29 is 13.2 Å². The molecule has 0 spiro atoms. The average molecular weight is 387 g/mol. The van der Waals surface area contributed by atoms with Gasteiger partial charge in [-0.15, -0.1) is 0 Å². The number of hydrogen-bond acceptors (Lipinski definition) is 3. The van der Waals surface area contributed by atoms with Crippen LogP contribution in [0.4, 0.5) is 0 Å². The van der Waals surface area contributed by atoms with Gasteiger partial charge >= 0.3 is 0 Å². The number of aryl methyl sites for hydroxylation is 1. The number of carbonyl (C=O) groups is 1. The summed E-state index contributed by atoms with van der Waals surface area (Å²) in [5.41, 5.74) is 1.46. The number of amides is 1. The van der Waals surface area contributed by atoms with Crippen LogP contribution < -0.4 is 5.32 Å². The molecule has 0 bridgehead atoms. The fraction of sp³-hybridized carbons (Fsp3) is 0.381. The summed E-state index contributed by atoms with van der Waals surface area (Å²) in [6, 6.07) is 16.3. The minimum absolute atomic E-state index is 0.0984. The number of nitrogens with one attached hydrogen (secondary N) is 1. The van der Waals surface area contributed by atoms with Crippen LogP contribution in [-0.2, 0) is 21.4 Å². The van der Waals surface area contributed by atoms with E-state index in [-0.39, 0.29) is 17.3 Å². The SMILES string of the molecule is Cc1ccccc1CNC(=O)[C@]1(C)CCCN(S(=O)(=O)c2ccccc2)C1. The highest BCUT2D eigenvalue weighted by molar-refractivity contribution is 7.89. The molecular formula is C21H26N2O3S. The molecule has 1 aliphatic heterocycles. The average Bonchev–Trinajstić information content (AvgIpc) is 2.68. The Kier molecular flexibility index (Phi) is 5.67. The Hall–Kier alpha value is -2.18. The van der Waals surface area contributed by atoms with E-state index in [0.29, 0.717) is 25.9 Å². The monoisotopic (exact) mass is 386 g/mol. The Labute approximate surface area is 161 Å². The van der Waals surface area contributed by atoms with Crippen LogP contribution in [0.15, 0.2) is 59.5 Å². The molecule has 1 aliphatic rings. The van der Waals surface area contributed by atoms with Crippen molar-refractivity contribution in [2.75, 3.05) is 13.1 Å². The number of hydrogen-bond donors (Lipinski definition) is 1. The molecule has 5 nitrogen and oxygen atoms in total. The summed E-state index contributed by atoms with van der Waals surface area (Å²) >= 11 is 0. The standard InChI is InChI=1S/C21H26N2O3S/c1-17-9-6-7-10-18(17)15-22-20(24)21(2)13-8-14-23(16-21)27(25,26)19-11-4-3-5-12-19/h3-7,9-12H,8,13-16H2,1-2H3,(H,22,24)/t21-/m1/s1. The normalized spacial score (nSPS) is 21.0. The molecule has 2 aromatic rings. The summed E-state index contributed by atoms with van der Waals surface area (Å²) in [6.45, 7) is 4.96. The van der Waals surface area contributed by atoms with E-state index in [1.54, 1.807) is 30.3 Å². The largest absolute Gasteiger partial charge is 0.352 e. The van der Waals surface area contributed by atoms with Crippen LogP contribution in [0.25, 0.3) is 0 Å². The maximum absolute atomic E-state index is 12.9. The first-order valence-electron chi connectivity index (χ1n) is 9.21. The molecule has 3 rings (SSSR count). The molecule has 1 atom stereocenters. The summed E-state index contributed by atoms with van der Waals surface area (Å²) in [7, 11) is -3.59. The Balaban J connectivity index is 1.72. The molecule has 1 fully saturated rings. The minimum atomic E-state index is -3.59. The van der Waals surface area contributed by atoms with Gasteiger partial charge in [0.2, 0.25) is 15.9 Å². The molecule has 0 radical (unpaired) electrons. The summed E-state index contributed by atoms with van der Waals surface area (Å²) < 4.78 is 27.3. The van der Waals surface area contributed by atoms with Gasteiger partial charge in [0, 0.05) is 19.6 Å². The molecule has 6 heteroatoms. The number of nitrogens with zero attached hydrogens (tertiary/aromatic N) is 1. The predicted octanol–water partition coefficient (Wildman–Crippen LogP) is 3.10. The Bertz CT molecular complexity index is 912. The summed E-state index contributed by atoms with van der Waals surface area (Å²) in [4.78, 5) is 13.2. The molecule has 2 aromatic carbocycles. The maximum atomic E-state index is 12.9. The molecule has 1 saturated heterocycles. The van der Waals surface area contributed by atoms with E-state index in [1.807, 2.05) is 38.1 Å². The molecule has 1 amide bonds. The Morgan fingerprint density at radius 3 is 2.48 bits per heavy atom. The second-order valence-corrected chi connectivity index (χ2v) is 9.36. The van der Waals surface area contributed by atoms with Crippen LogP contribution in [0.5, 0.6) is 0 Å². The zero-order chi connectivity index (χ0) is 19.5. The molecule has 27 heavy (non-hydrogen) atoms. The van der Waals surface area contributed by atoms with Crippen LogP contribution in [0.3, 0.4) is 0 Å². The van der Waals surface area contributed by atoms with Crippen LogP contribution in [0.1, 0.15) is 30.9 Å². The van der Waals surface area contributed by atoms with Crippen molar-refractivity contribution >= 4 is 15.9 Å². The van der Waals surface area contributed by atoms with Crippen molar-refractivity contribution in [3.05, 3.63) is 65.7 Å².